The Morgan fingerprint density at radius 1 is 1.41 bits per heavy atom. The lowest BCUT2D eigenvalue weighted by Gasteiger charge is -2.34. The van der Waals surface area contributed by atoms with E-state index in [9.17, 15) is 9.59 Å². The molecule has 3 N–H and O–H groups in total. The standard InChI is InChI=1S/C14H15N5O2S/c15-13(21)12-10-4-2-1-3-9(10)5-6-19(12)7-11(20)17-14-18-16-8-22-14/h1-4,8,12H,5-7H2,(H2,15,21)(H,17,18,20). The molecule has 2 aromatic rings. The highest BCUT2D eigenvalue weighted by atomic mass is 32.1. The molecule has 0 bridgehead atoms. The summed E-state index contributed by atoms with van der Waals surface area (Å²) in [6.45, 7) is 0.690. The molecular weight excluding hydrogens is 302 g/mol. The van der Waals surface area contributed by atoms with Gasteiger partial charge in [0.15, 0.2) is 0 Å². The van der Waals surface area contributed by atoms with E-state index in [4.69, 9.17) is 5.73 Å². The molecule has 0 radical (unpaired) electrons. The number of anilines is 1. The van der Waals surface area contributed by atoms with Gasteiger partial charge < -0.3 is 5.73 Å². The van der Waals surface area contributed by atoms with Gasteiger partial charge >= 0.3 is 0 Å². The summed E-state index contributed by atoms with van der Waals surface area (Å²) in [4.78, 5) is 25.7. The van der Waals surface area contributed by atoms with Gasteiger partial charge in [0.2, 0.25) is 16.9 Å². The number of hydrogen-bond acceptors (Lipinski definition) is 6. The first-order valence-electron chi connectivity index (χ1n) is 6.82. The maximum atomic E-state index is 12.1. The Balaban J connectivity index is 1.76. The van der Waals surface area contributed by atoms with Gasteiger partial charge in [-0.15, -0.1) is 10.2 Å². The van der Waals surface area contributed by atoms with Gasteiger partial charge in [0.05, 0.1) is 6.54 Å². The highest BCUT2D eigenvalue weighted by Gasteiger charge is 2.32. The third kappa shape index (κ3) is 2.97. The average Bonchev–Trinajstić information content (AvgIpc) is 2.99. The zero-order chi connectivity index (χ0) is 15.5. The molecule has 1 atom stereocenters. The van der Waals surface area contributed by atoms with Crippen molar-refractivity contribution in [3.05, 3.63) is 40.9 Å². The van der Waals surface area contributed by atoms with E-state index in [0.717, 1.165) is 17.5 Å². The van der Waals surface area contributed by atoms with Crippen molar-refractivity contribution in [2.45, 2.75) is 12.5 Å². The van der Waals surface area contributed by atoms with E-state index in [1.807, 2.05) is 24.3 Å². The van der Waals surface area contributed by atoms with Gasteiger partial charge in [-0.25, -0.2) is 0 Å². The van der Waals surface area contributed by atoms with Crippen LogP contribution in [0.5, 0.6) is 0 Å². The summed E-state index contributed by atoms with van der Waals surface area (Å²) in [5.41, 5.74) is 9.08. The second-order valence-electron chi connectivity index (χ2n) is 5.02. The van der Waals surface area contributed by atoms with E-state index < -0.39 is 11.9 Å². The van der Waals surface area contributed by atoms with E-state index in [1.165, 1.54) is 11.3 Å². The number of hydrogen-bond donors (Lipinski definition) is 2. The maximum Gasteiger partial charge on any atom is 0.240 e. The van der Waals surface area contributed by atoms with Crippen LogP contribution in [-0.2, 0) is 16.0 Å². The quantitative estimate of drug-likeness (QED) is 0.858. The van der Waals surface area contributed by atoms with Crippen LogP contribution in [0.15, 0.2) is 29.8 Å². The van der Waals surface area contributed by atoms with Gasteiger partial charge in [-0.3, -0.25) is 19.8 Å². The Kier molecular flexibility index (Phi) is 4.12. The molecule has 1 aromatic carbocycles. The summed E-state index contributed by atoms with van der Waals surface area (Å²) < 4.78 is 0. The van der Waals surface area contributed by atoms with Gasteiger partial charge in [0.25, 0.3) is 0 Å². The lowest BCUT2D eigenvalue weighted by Crippen LogP contribution is -2.45. The molecule has 3 rings (SSSR count). The molecule has 0 spiro atoms. The number of rotatable bonds is 4. The Labute approximate surface area is 131 Å². The third-order valence-corrected chi connectivity index (χ3v) is 4.21. The summed E-state index contributed by atoms with van der Waals surface area (Å²) in [5, 5.41) is 10.5. The fraction of sp³-hybridized carbons (Fsp3) is 0.286. The number of nitrogens with one attached hydrogen (secondary N) is 1. The smallest absolute Gasteiger partial charge is 0.240 e. The van der Waals surface area contributed by atoms with Crippen molar-refractivity contribution in [2.24, 2.45) is 5.73 Å². The van der Waals surface area contributed by atoms with E-state index in [2.05, 4.69) is 15.5 Å². The average molecular weight is 317 g/mol. The minimum atomic E-state index is -0.579. The largest absolute Gasteiger partial charge is 0.368 e. The van der Waals surface area contributed by atoms with Gasteiger partial charge in [-0.1, -0.05) is 35.6 Å². The van der Waals surface area contributed by atoms with Gasteiger partial charge in [0, 0.05) is 6.54 Å². The predicted octanol–water partition coefficient (Wildman–Crippen LogP) is 0.561. The number of aromatic nitrogens is 2. The topological polar surface area (TPSA) is 101 Å². The van der Waals surface area contributed by atoms with Crippen molar-refractivity contribution in [1.82, 2.24) is 15.1 Å². The molecule has 0 aliphatic carbocycles. The molecular formula is C14H15N5O2S. The molecule has 1 aliphatic rings. The first-order chi connectivity index (χ1) is 10.6. The zero-order valence-electron chi connectivity index (χ0n) is 11.7. The van der Waals surface area contributed by atoms with Crippen LogP contribution in [0.4, 0.5) is 5.13 Å². The minimum Gasteiger partial charge on any atom is -0.368 e. The predicted molar refractivity (Wildman–Crippen MR) is 82.2 cm³/mol. The number of fused-ring (bicyclic) bond motifs is 1. The molecule has 0 saturated carbocycles. The molecule has 7 nitrogen and oxygen atoms in total. The second kappa shape index (κ2) is 6.20. The van der Waals surface area contributed by atoms with Crippen LogP contribution in [-0.4, -0.2) is 40.0 Å². The SMILES string of the molecule is NC(=O)C1c2ccccc2CCN1CC(=O)Nc1nncs1. The van der Waals surface area contributed by atoms with E-state index in [1.54, 1.807) is 10.4 Å². The lowest BCUT2D eigenvalue weighted by molar-refractivity contribution is -0.125. The highest BCUT2D eigenvalue weighted by molar-refractivity contribution is 7.13. The minimum absolute atomic E-state index is 0.0848. The molecule has 0 saturated heterocycles. The summed E-state index contributed by atoms with van der Waals surface area (Å²) in [6, 6.07) is 7.11. The van der Waals surface area contributed by atoms with Crippen LogP contribution >= 0.6 is 11.3 Å². The number of primary amides is 1. The van der Waals surface area contributed by atoms with Crippen molar-refractivity contribution < 1.29 is 9.59 Å². The van der Waals surface area contributed by atoms with Crippen molar-refractivity contribution >= 4 is 28.3 Å². The number of nitrogens with two attached hydrogens (primary N) is 1. The van der Waals surface area contributed by atoms with E-state index >= 15 is 0 Å². The summed E-state index contributed by atoms with van der Waals surface area (Å²) in [7, 11) is 0. The Bertz CT molecular complexity index is 688. The van der Waals surface area contributed by atoms with Crippen LogP contribution in [0, 0.1) is 0 Å². The monoisotopic (exact) mass is 317 g/mol. The van der Waals surface area contributed by atoms with Gasteiger partial charge in [-0.05, 0) is 17.5 Å². The van der Waals surface area contributed by atoms with Crippen molar-refractivity contribution in [3.63, 3.8) is 0 Å². The second-order valence-corrected chi connectivity index (χ2v) is 5.85. The first kappa shape index (κ1) is 14.6. The summed E-state index contributed by atoms with van der Waals surface area (Å²) in [5.74, 6) is -0.682. The van der Waals surface area contributed by atoms with Crippen LogP contribution in [0.3, 0.4) is 0 Å². The first-order valence-corrected chi connectivity index (χ1v) is 7.70. The maximum absolute atomic E-state index is 12.1. The molecule has 1 unspecified atom stereocenters. The third-order valence-electron chi connectivity index (χ3n) is 3.61. The summed E-state index contributed by atoms with van der Waals surface area (Å²) >= 11 is 1.24. The molecule has 22 heavy (non-hydrogen) atoms. The number of carbonyl (C=O) groups is 2. The number of amides is 2. The van der Waals surface area contributed by atoms with Crippen molar-refractivity contribution in [3.8, 4) is 0 Å². The fourth-order valence-electron chi connectivity index (χ4n) is 2.69. The molecule has 2 amide bonds. The Morgan fingerprint density at radius 2 is 2.23 bits per heavy atom. The van der Waals surface area contributed by atoms with Crippen molar-refractivity contribution in [2.75, 3.05) is 18.4 Å². The van der Waals surface area contributed by atoms with Gasteiger partial charge in [-0.2, -0.15) is 0 Å². The molecule has 1 aliphatic heterocycles. The molecule has 0 fully saturated rings. The normalized spacial score (nSPS) is 17.7. The number of carbonyl (C=O) groups excluding carboxylic acids is 2. The molecule has 1 aromatic heterocycles. The summed E-state index contributed by atoms with van der Waals surface area (Å²) in [6.07, 6.45) is 0.784. The van der Waals surface area contributed by atoms with Crippen LogP contribution in [0.1, 0.15) is 17.2 Å². The molecule has 114 valence electrons. The fourth-order valence-corrected chi connectivity index (χ4v) is 3.15. The lowest BCUT2D eigenvalue weighted by atomic mass is 9.92. The molecule has 8 heteroatoms. The van der Waals surface area contributed by atoms with Crippen LogP contribution in [0.2, 0.25) is 0 Å². The molecule has 2 heterocycles. The Morgan fingerprint density at radius 3 is 2.95 bits per heavy atom. The van der Waals surface area contributed by atoms with E-state index in [0.29, 0.717) is 11.7 Å². The van der Waals surface area contributed by atoms with Crippen molar-refractivity contribution in [1.29, 1.82) is 0 Å². The number of nitrogens with zero attached hydrogens (tertiary/aromatic N) is 3. The van der Waals surface area contributed by atoms with E-state index in [-0.39, 0.29) is 12.5 Å². The van der Waals surface area contributed by atoms with Crippen LogP contribution < -0.4 is 11.1 Å². The zero-order valence-corrected chi connectivity index (χ0v) is 12.5. The highest BCUT2D eigenvalue weighted by Crippen LogP contribution is 2.29. The van der Waals surface area contributed by atoms with Crippen LogP contribution in [0.25, 0.3) is 0 Å². The number of benzene rings is 1. The van der Waals surface area contributed by atoms with Gasteiger partial charge in [0.1, 0.15) is 11.6 Å². The Hall–Kier alpha value is -2.32.